The molecule has 0 spiro atoms. The quantitative estimate of drug-likeness (QED) is 0.623. The Morgan fingerprint density at radius 3 is 2.54 bits per heavy atom. The maximum Gasteiger partial charge on any atom is 0.246 e. The number of carbonyl (C=O) groups excluding carboxylic acids is 1. The molecule has 0 aliphatic carbocycles. The van der Waals surface area contributed by atoms with Crippen molar-refractivity contribution in [2.24, 2.45) is 11.7 Å². The number of para-hydroxylation sites is 1. The number of ether oxygens (including phenoxy) is 1. The minimum atomic E-state index is -0.562. The van der Waals surface area contributed by atoms with Crippen LogP contribution in [0.25, 0.3) is 11.4 Å². The van der Waals surface area contributed by atoms with Gasteiger partial charge in [-0.15, -0.1) is 0 Å². The maximum absolute atomic E-state index is 11.9. The monoisotopic (exact) mass is 380 g/mol. The van der Waals surface area contributed by atoms with Crippen LogP contribution < -0.4 is 15.8 Å². The molecule has 0 aliphatic heterocycles. The van der Waals surface area contributed by atoms with E-state index in [1.54, 1.807) is 0 Å². The number of carbonyl (C=O) groups is 1. The van der Waals surface area contributed by atoms with Crippen molar-refractivity contribution in [3.05, 3.63) is 66.1 Å². The van der Waals surface area contributed by atoms with Gasteiger partial charge in [-0.05, 0) is 23.6 Å². The van der Waals surface area contributed by atoms with Crippen molar-refractivity contribution in [3.63, 3.8) is 0 Å². The van der Waals surface area contributed by atoms with Gasteiger partial charge in [0.2, 0.25) is 17.6 Å². The van der Waals surface area contributed by atoms with E-state index in [1.165, 1.54) is 0 Å². The van der Waals surface area contributed by atoms with E-state index in [2.05, 4.69) is 15.5 Å². The van der Waals surface area contributed by atoms with Gasteiger partial charge in [0.05, 0.1) is 12.6 Å². The Hall–Kier alpha value is -3.19. The number of benzene rings is 2. The summed E-state index contributed by atoms with van der Waals surface area (Å²) in [7, 11) is 0. The summed E-state index contributed by atoms with van der Waals surface area (Å²) in [4.78, 5) is 16.2. The first kappa shape index (κ1) is 19.6. The van der Waals surface area contributed by atoms with E-state index < -0.39 is 6.04 Å². The predicted molar refractivity (Wildman–Crippen MR) is 105 cm³/mol. The lowest BCUT2D eigenvalue weighted by molar-refractivity contribution is -0.123. The van der Waals surface area contributed by atoms with Crippen LogP contribution in [0, 0.1) is 5.92 Å². The average molecular weight is 380 g/mol. The molecular formula is C21H24N4O3. The van der Waals surface area contributed by atoms with E-state index in [4.69, 9.17) is 15.0 Å². The van der Waals surface area contributed by atoms with Crippen LogP contribution in [-0.2, 0) is 17.9 Å². The Kier molecular flexibility index (Phi) is 6.39. The number of aromatic nitrogens is 2. The summed E-state index contributed by atoms with van der Waals surface area (Å²) in [5.41, 5.74) is 7.66. The molecule has 3 aromatic rings. The predicted octanol–water partition coefficient (Wildman–Crippen LogP) is 2.92. The molecule has 7 nitrogen and oxygen atoms in total. The summed E-state index contributed by atoms with van der Waals surface area (Å²) in [5, 5.41) is 6.68. The standard InChI is InChI=1S/C21H24N4O3/c1-14(2)19(22)21(26)23-12-18-24-20(25-28-18)16-10-8-15(9-11-16)13-27-17-6-4-3-5-7-17/h3-11,14,19H,12-13,22H2,1-2H3,(H,23,26)/t19-/m0/s1. The highest BCUT2D eigenvalue weighted by atomic mass is 16.5. The zero-order valence-electron chi connectivity index (χ0n) is 16.0. The third-order valence-electron chi connectivity index (χ3n) is 4.26. The second kappa shape index (κ2) is 9.14. The highest BCUT2D eigenvalue weighted by Crippen LogP contribution is 2.18. The lowest BCUT2D eigenvalue weighted by Gasteiger charge is -2.14. The van der Waals surface area contributed by atoms with Crippen molar-refractivity contribution >= 4 is 5.91 Å². The van der Waals surface area contributed by atoms with Crippen LogP contribution in [-0.4, -0.2) is 22.1 Å². The van der Waals surface area contributed by atoms with Crippen LogP contribution >= 0.6 is 0 Å². The molecule has 0 saturated carbocycles. The fraction of sp³-hybridized carbons (Fsp3) is 0.286. The molecule has 1 amide bonds. The Balaban J connectivity index is 1.55. The molecule has 146 valence electrons. The molecule has 0 saturated heterocycles. The molecular weight excluding hydrogens is 356 g/mol. The third-order valence-corrected chi connectivity index (χ3v) is 4.26. The molecule has 0 aliphatic rings. The third kappa shape index (κ3) is 5.17. The largest absolute Gasteiger partial charge is 0.489 e. The van der Waals surface area contributed by atoms with Gasteiger partial charge in [-0.2, -0.15) is 4.98 Å². The number of nitrogens with two attached hydrogens (primary N) is 1. The van der Waals surface area contributed by atoms with Crippen LogP contribution in [0.15, 0.2) is 59.1 Å². The molecule has 0 fully saturated rings. The van der Waals surface area contributed by atoms with Gasteiger partial charge in [0, 0.05) is 5.56 Å². The van der Waals surface area contributed by atoms with E-state index in [9.17, 15) is 4.79 Å². The summed E-state index contributed by atoms with van der Waals surface area (Å²) < 4.78 is 10.9. The fourth-order valence-corrected chi connectivity index (χ4v) is 2.46. The van der Waals surface area contributed by atoms with Gasteiger partial charge in [-0.3, -0.25) is 4.79 Å². The number of nitrogens with zero attached hydrogens (tertiary/aromatic N) is 2. The topological polar surface area (TPSA) is 103 Å². The van der Waals surface area contributed by atoms with Gasteiger partial charge in [0.1, 0.15) is 12.4 Å². The van der Waals surface area contributed by atoms with Gasteiger partial charge in [0.25, 0.3) is 0 Å². The Morgan fingerprint density at radius 2 is 1.86 bits per heavy atom. The first-order valence-corrected chi connectivity index (χ1v) is 9.16. The van der Waals surface area contributed by atoms with Crippen LogP contribution in [0.1, 0.15) is 25.3 Å². The van der Waals surface area contributed by atoms with Crippen molar-refractivity contribution in [3.8, 4) is 17.1 Å². The highest BCUT2D eigenvalue weighted by Gasteiger charge is 2.18. The molecule has 1 atom stereocenters. The zero-order chi connectivity index (χ0) is 19.9. The molecule has 0 bridgehead atoms. The van der Waals surface area contributed by atoms with E-state index in [1.807, 2.05) is 68.4 Å². The van der Waals surface area contributed by atoms with Crippen LogP contribution in [0.3, 0.4) is 0 Å². The molecule has 0 radical (unpaired) electrons. The molecule has 3 N–H and O–H groups in total. The maximum atomic E-state index is 11.9. The van der Waals surface area contributed by atoms with Crippen molar-refractivity contribution in [2.45, 2.75) is 33.0 Å². The van der Waals surface area contributed by atoms with Crippen molar-refractivity contribution in [1.82, 2.24) is 15.5 Å². The fourth-order valence-electron chi connectivity index (χ4n) is 2.46. The summed E-state index contributed by atoms with van der Waals surface area (Å²) >= 11 is 0. The molecule has 28 heavy (non-hydrogen) atoms. The van der Waals surface area contributed by atoms with E-state index >= 15 is 0 Å². The van der Waals surface area contributed by atoms with Gasteiger partial charge >= 0.3 is 0 Å². The van der Waals surface area contributed by atoms with E-state index in [0.717, 1.165) is 16.9 Å². The Morgan fingerprint density at radius 1 is 1.14 bits per heavy atom. The Bertz CT molecular complexity index is 892. The van der Waals surface area contributed by atoms with E-state index in [-0.39, 0.29) is 18.4 Å². The first-order chi connectivity index (χ1) is 13.5. The molecule has 2 aromatic carbocycles. The van der Waals surface area contributed by atoms with Crippen LogP contribution in [0.4, 0.5) is 0 Å². The van der Waals surface area contributed by atoms with Crippen molar-refractivity contribution < 1.29 is 14.1 Å². The average Bonchev–Trinajstić information content (AvgIpc) is 3.20. The number of amides is 1. The Labute approximate surface area is 163 Å². The van der Waals surface area contributed by atoms with Crippen molar-refractivity contribution in [2.75, 3.05) is 0 Å². The van der Waals surface area contributed by atoms with Gasteiger partial charge in [-0.1, -0.05) is 61.5 Å². The van der Waals surface area contributed by atoms with E-state index in [0.29, 0.717) is 18.3 Å². The summed E-state index contributed by atoms with van der Waals surface area (Å²) in [6, 6.07) is 16.8. The summed E-state index contributed by atoms with van der Waals surface area (Å²) in [6.07, 6.45) is 0. The van der Waals surface area contributed by atoms with Gasteiger partial charge < -0.3 is 20.3 Å². The zero-order valence-corrected chi connectivity index (χ0v) is 16.0. The molecule has 3 rings (SSSR count). The summed E-state index contributed by atoms with van der Waals surface area (Å²) in [5.74, 6) is 1.44. The second-order valence-corrected chi connectivity index (χ2v) is 6.80. The SMILES string of the molecule is CC(C)[C@H](N)C(=O)NCc1nc(-c2ccc(COc3ccccc3)cc2)no1. The van der Waals surface area contributed by atoms with Crippen molar-refractivity contribution in [1.29, 1.82) is 0 Å². The lowest BCUT2D eigenvalue weighted by Crippen LogP contribution is -2.43. The molecule has 7 heteroatoms. The van der Waals surface area contributed by atoms with Crippen LogP contribution in [0.5, 0.6) is 5.75 Å². The smallest absolute Gasteiger partial charge is 0.246 e. The first-order valence-electron chi connectivity index (χ1n) is 9.16. The highest BCUT2D eigenvalue weighted by molar-refractivity contribution is 5.81. The number of hydrogen-bond donors (Lipinski definition) is 2. The number of hydrogen-bond acceptors (Lipinski definition) is 6. The minimum absolute atomic E-state index is 0.0580. The molecule has 1 aromatic heterocycles. The second-order valence-electron chi connectivity index (χ2n) is 6.80. The molecule has 1 heterocycles. The summed E-state index contributed by atoms with van der Waals surface area (Å²) in [6.45, 7) is 4.41. The normalized spacial score (nSPS) is 12.0. The lowest BCUT2D eigenvalue weighted by atomic mass is 10.1. The van der Waals surface area contributed by atoms with Gasteiger partial charge in [-0.25, -0.2) is 0 Å². The van der Waals surface area contributed by atoms with Crippen LogP contribution in [0.2, 0.25) is 0 Å². The minimum Gasteiger partial charge on any atom is -0.489 e. The van der Waals surface area contributed by atoms with Gasteiger partial charge in [0.15, 0.2) is 0 Å². The number of nitrogens with one attached hydrogen (secondary N) is 1. The number of rotatable bonds is 8. The molecule has 0 unspecified atom stereocenters.